The summed E-state index contributed by atoms with van der Waals surface area (Å²) >= 11 is 0. The second-order valence-corrected chi connectivity index (χ2v) is 6.58. The van der Waals surface area contributed by atoms with E-state index in [4.69, 9.17) is 20.6 Å². The predicted octanol–water partition coefficient (Wildman–Crippen LogP) is 0.0543. The van der Waals surface area contributed by atoms with E-state index in [1.165, 1.54) is 0 Å². The van der Waals surface area contributed by atoms with Gasteiger partial charge in [-0.1, -0.05) is 19.8 Å². The Morgan fingerprint density at radius 1 is 1.44 bits per heavy atom. The molecule has 3 atom stereocenters. The van der Waals surface area contributed by atoms with Gasteiger partial charge in [-0.15, -0.1) is 0 Å². The van der Waals surface area contributed by atoms with Gasteiger partial charge in [0.15, 0.2) is 0 Å². The van der Waals surface area contributed by atoms with Gasteiger partial charge in [-0.2, -0.15) is 0 Å². The fourth-order valence-electron chi connectivity index (χ4n) is 2.98. The van der Waals surface area contributed by atoms with Crippen LogP contribution in [0.5, 0.6) is 0 Å². The second-order valence-electron chi connectivity index (χ2n) is 6.58. The lowest BCUT2D eigenvalue weighted by atomic mass is 9.79. The Bertz CT molecular complexity index is 490. The summed E-state index contributed by atoms with van der Waals surface area (Å²) in [6.07, 6.45) is 8.57. The molecule has 0 saturated heterocycles. The van der Waals surface area contributed by atoms with Crippen LogP contribution in [0.1, 0.15) is 38.3 Å². The third kappa shape index (κ3) is 11.5. The first-order valence-electron chi connectivity index (χ1n) is 9.25. The standard InChI is InChI=1S/C14H24N4O2.C2H7BO2.CH2O/c15-11(5-12-8-17-9-18-12)7-16-6-10-3-1-2-4-13(10)14(19)20;1-2-3(4)5;1-2/h8-11,13,16H,1-7,15H2,(H,17,18)(H,19,20);4-5H,2H2,1H3;1H2. The second kappa shape index (κ2) is 15.3. The maximum absolute atomic E-state index is 11.2. The van der Waals surface area contributed by atoms with E-state index in [2.05, 4.69) is 15.3 Å². The number of rotatable bonds is 8. The van der Waals surface area contributed by atoms with Crippen LogP contribution in [0.25, 0.3) is 0 Å². The highest BCUT2D eigenvalue weighted by molar-refractivity contribution is 6.40. The van der Waals surface area contributed by atoms with Crippen molar-refractivity contribution in [1.82, 2.24) is 15.3 Å². The van der Waals surface area contributed by atoms with E-state index in [1.54, 1.807) is 19.4 Å². The number of carboxylic acids is 1. The highest BCUT2D eigenvalue weighted by Gasteiger charge is 2.30. The van der Waals surface area contributed by atoms with Crippen molar-refractivity contribution in [1.29, 1.82) is 0 Å². The van der Waals surface area contributed by atoms with Crippen molar-refractivity contribution in [3.05, 3.63) is 18.2 Å². The number of carboxylic acid groups (broad SMARTS) is 1. The number of aliphatic carboxylic acids is 1. The molecule has 9 nitrogen and oxygen atoms in total. The monoisotopic (exact) mass is 384 g/mol. The van der Waals surface area contributed by atoms with Crippen LogP contribution in [0.15, 0.2) is 12.5 Å². The smallest absolute Gasteiger partial charge is 0.451 e. The molecule has 1 heterocycles. The fraction of sp³-hybridized carbons (Fsp3) is 0.706. The predicted molar refractivity (Wildman–Crippen MR) is 104 cm³/mol. The van der Waals surface area contributed by atoms with Crippen LogP contribution in [0.4, 0.5) is 0 Å². The molecule has 1 aliphatic rings. The van der Waals surface area contributed by atoms with Crippen molar-refractivity contribution >= 4 is 19.9 Å². The summed E-state index contributed by atoms with van der Waals surface area (Å²) in [6.45, 7) is 5.14. The minimum absolute atomic E-state index is 0.0160. The van der Waals surface area contributed by atoms with Crippen LogP contribution in [-0.4, -0.2) is 64.1 Å². The number of nitrogens with one attached hydrogen (secondary N) is 2. The summed E-state index contributed by atoms with van der Waals surface area (Å²) in [4.78, 5) is 26.2. The van der Waals surface area contributed by atoms with E-state index in [0.29, 0.717) is 12.9 Å². The van der Waals surface area contributed by atoms with Gasteiger partial charge in [0.05, 0.1) is 12.2 Å². The van der Waals surface area contributed by atoms with Crippen LogP contribution in [0.3, 0.4) is 0 Å². The number of hydrogen-bond acceptors (Lipinski definition) is 7. The lowest BCUT2D eigenvalue weighted by molar-refractivity contribution is -0.144. The fourth-order valence-corrected chi connectivity index (χ4v) is 2.98. The van der Waals surface area contributed by atoms with E-state index in [1.807, 2.05) is 6.79 Å². The molecule has 1 aliphatic carbocycles. The van der Waals surface area contributed by atoms with Gasteiger partial charge in [-0.05, 0) is 31.6 Å². The van der Waals surface area contributed by atoms with Crippen LogP contribution in [0.2, 0.25) is 6.32 Å². The molecule has 1 fully saturated rings. The Hall–Kier alpha value is -1.75. The number of hydrogen-bond donors (Lipinski definition) is 6. The number of aromatic amines is 1. The Morgan fingerprint density at radius 2 is 2.07 bits per heavy atom. The van der Waals surface area contributed by atoms with Gasteiger partial charge < -0.3 is 36.0 Å². The molecule has 10 heteroatoms. The highest BCUT2D eigenvalue weighted by Crippen LogP contribution is 2.29. The molecule has 1 aromatic heterocycles. The van der Waals surface area contributed by atoms with Crippen LogP contribution in [-0.2, 0) is 16.0 Å². The number of aromatic nitrogens is 2. The van der Waals surface area contributed by atoms with Crippen molar-refractivity contribution in [3.63, 3.8) is 0 Å². The zero-order chi connectivity index (χ0) is 20.7. The van der Waals surface area contributed by atoms with Gasteiger partial charge in [-0.25, -0.2) is 4.98 Å². The van der Waals surface area contributed by atoms with E-state index in [0.717, 1.165) is 44.3 Å². The molecule has 0 aliphatic heterocycles. The molecular weight excluding hydrogens is 351 g/mol. The number of carbonyl (C=O) groups excluding carboxylic acids is 1. The van der Waals surface area contributed by atoms with Gasteiger partial charge in [0, 0.05) is 30.9 Å². The summed E-state index contributed by atoms with van der Waals surface area (Å²) in [5, 5.41) is 28.4. The summed E-state index contributed by atoms with van der Waals surface area (Å²) in [5.74, 6) is -0.612. The van der Waals surface area contributed by atoms with Crippen molar-refractivity contribution in [2.75, 3.05) is 13.1 Å². The molecule has 1 aromatic rings. The first-order valence-corrected chi connectivity index (χ1v) is 9.25. The molecule has 7 N–H and O–H groups in total. The Morgan fingerprint density at radius 3 is 2.59 bits per heavy atom. The van der Waals surface area contributed by atoms with E-state index >= 15 is 0 Å². The van der Waals surface area contributed by atoms with Gasteiger partial charge in [0.25, 0.3) is 0 Å². The Labute approximate surface area is 160 Å². The van der Waals surface area contributed by atoms with E-state index < -0.39 is 13.1 Å². The number of carbonyl (C=O) groups is 2. The maximum atomic E-state index is 11.2. The number of H-pyrrole nitrogens is 1. The van der Waals surface area contributed by atoms with Crippen molar-refractivity contribution in [2.24, 2.45) is 17.6 Å². The third-order valence-electron chi connectivity index (χ3n) is 4.44. The average Bonchev–Trinajstić information content (AvgIpc) is 3.17. The number of nitrogens with zero attached hydrogens (tertiary/aromatic N) is 1. The average molecular weight is 384 g/mol. The molecule has 0 bridgehead atoms. The number of imidazole rings is 1. The summed E-state index contributed by atoms with van der Waals surface area (Å²) < 4.78 is 0. The first-order chi connectivity index (χ1) is 12.9. The zero-order valence-corrected chi connectivity index (χ0v) is 16.0. The molecule has 0 aromatic carbocycles. The lowest BCUT2D eigenvalue weighted by Crippen LogP contribution is -2.40. The quantitative estimate of drug-likeness (QED) is 0.343. The van der Waals surface area contributed by atoms with Gasteiger partial charge in [0.2, 0.25) is 0 Å². The zero-order valence-electron chi connectivity index (χ0n) is 16.0. The molecule has 0 radical (unpaired) electrons. The molecule has 154 valence electrons. The maximum Gasteiger partial charge on any atom is 0.451 e. The topological polar surface area (TPSA) is 162 Å². The van der Waals surface area contributed by atoms with Gasteiger partial charge in [0.1, 0.15) is 6.79 Å². The van der Waals surface area contributed by atoms with E-state index in [9.17, 15) is 9.90 Å². The first kappa shape index (κ1) is 25.3. The molecule has 27 heavy (non-hydrogen) atoms. The minimum Gasteiger partial charge on any atom is -0.481 e. The molecule has 3 unspecified atom stereocenters. The summed E-state index contributed by atoms with van der Waals surface area (Å²) in [7, 11) is -1.12. The van der Waals surface area contributed by atoms with Crippen molar-refractivity contribution in [3.8, 4) is 0 Å². The molecular formula is C17H33BN4O5. The Kier molecular flexibility index (Phi) is 14.3. The molecule has 0 spiro atoms. The van der Waals surface area contributed by atoms with Gasteiger partial charge in [-0.3, -0.25) is 4.79 Å². The van der Waals surface area contributed by atoms with Crippen LogP contribution in [0, 0.1) is 11.8 Å². The lowest BCUT2D eigenvalue weighted by Gasteiger charge is -2.29. The SMILES string of the molecule is C=O.CCB(O)O.NC(CNCC1CCCCC1C(=O)O)Cc1cnc[nH]1. The Balaban J connectivity index is 0.000000838. The summed E-state index contributed by atoms with van der Waals surface area (Å²) in [6, 6.07) is 0.0160. The largest absolute Gasteiger partial charge is 0.481 e. The molecule has 1 saturated carbocycles. The molecule has 2 rings (SSSR count). The normalized spacial score (nSPS) is 19.7. The third-order valence-corrected chi connectivity index (χ3v) is 4.44. The molecule has 0 amide bonds. The highest BCUT2D eigenvalue weighted by atomic mass is 16.4. The van der Waals surface area contributed by atoms with Crippen molar-refractivity contribution < 1.29 is 24.7 Å². The summed E-state index contributed by atoms with van der Waals surface area (Å²) in [5.41, 5.74) is 7.08. The minimum atomic E-state index is -1.12. The van der Waals surface area contributed by atoms with Crippen LogP contribution < -0.4 is 11.1 Å². The van der Waals surface area contributed by atoms with E-state index in [-0.39, 0.29) is 17.9 Å². The van der Waals surface area contributed by atoms with Gasteiger partial charge >= 0.3 is 13.1 Å². The van der Waals surface area contributed by atoms with Crippen molar-refractivity contribution in [2.45, 2.75) is 51.4 Å². The van der Waals surface area contributed by atoms with Crippen LogP contribution >= 0.6 is 0 Å². The number of nitrogens with two attached hydrogens (primary N) is 1.